The lowest BCUT2D eigenvalue weighted by atomic mass is 9.71. The Bertz CT molecular complexity index is 725. The van der Waals surface area contributed by atoms with Crippen LogP contribution in [0.1, 0.15) is 49.7 Å². The van der Waals surface area contributed by atoms with Gasteiger partial charge in [0, 0.05) is 18.5 Å². The highest BCUT2D eigenvalue weighted by Gasteiger charge is 2.38. The van der Waals surface area contributed by atoms with Crippen LogP contribution in [0.3, 0.4) is 0 Å². The standard InChI is InChI=1S/C25H34N2O.ClH/c1-27(2)25(23-13-7-4-8-14-23)17-15-22(16-18-25)20-24(28)26-19-9-12-21-10-5-3-6-11-21;/h3-8,10-11,13-14,22H,9,12,15-20H2,1-2H3,(H,26,28);1H. The number of nitrogens with zero attached hydrogens (tertiary/aromatic N) is 1. The molecule has 29 heavy (non-hydrogen) atoms. The normalized spacial score (nSPS) is 21.4. The van der Waals surface area contributed by atoms with Crippen molar-refractivity contribution < 1.29 is 4.79 Å². The molecular weight excluding hydrogens is 380 g/mol. The summed E-state index contributed by atoms with van der Waals surface area (Å²) < 4.78 is 0. The van der Waals surface area contributed by atoms with Crippen LogP contribution >= 0.6 is 12.4 Å². The van der Waals surface area contributed by atoms with Gasteiger partial charge in [-0.15, -0.1) is 12.4 Å². The van der Waals surface area contributed by atoms with Crippen molar-refractivity contribution in [1.82, 2.24) is 10.2 Å². The molecule has 4 heteroatoms. The summed E-state index contributed by atoms with van der Waals surface area (Å²) in [5.74, 6) is 0.723. The van der Waals surface area contributed by atoms with Gasteiger partial charge in [0.1, 0.15) is 0 Å². The van der Waals surface area contributed by atoms with E-state index in [0.717, 1.165) is 45.1 Å². The highest BCUT2D eigenvalue weighted by atomic mass is 35.5. The number of hydrogen-bond donors (Lipinski definition) is 1. The summed E-state index contributed by atoms with van der Waals surface area (Å²) in [6.07, 6.45) is 7.16. The first-order valence-corrected chi connectivity index (χ1v) is 10.6. The van der Waals surface area contributed by atoms with Crippen molar-refractivity contribution in [2.75, 3.05) is 20.6 Å². The van der Waals surface area contributed by atoms with Crippen LogP contribution in [-0.2, 0) is 16.8 Å². The maximum absolute atomic E-state index is 12.4. The van der Waals surface area contributed by atoms with Crippen molar-refractivity contribution in [1.29, 1.82) is 0 Å². The predicted octanol–water partition coefficient (Wildman–Crippen LogP) is 5.19. The minimum atomic E-state index is 0. The topological polar surface area (TPSA) is 32.3 Å². The van der Waals surface area contributed by atoms with Gasteiger partial charge in [-0.2, -0.15) is 0 Å². The molecule has 0 bridgehead atoms. The van der Waals surface area contributed by atoms with E-state index in [9.17, 15) is 4.79 Å². The molecular formula is C25H35ClN2O. The van der Waals surface area contributed by atoms with Gasteiger partial charge in [-0.3, -0.25) is 9.69 Å². The second-order valence-electron chi connectivity index (χ2n) is 8.38. The van der Waals surface area contributed by atoms with E-state index >= 15 is 0 Å². The van der Waals surface area contributed by atoms with Gasteiger partial charge in [-0.1, -0.05) is 60.7 Å². The van der Waals surface area contributed by atoms with E-state index < -0.39 is 0 Å². The molecule has 0 aromatic heterocycles. The first-order valence-electron chi connectivity index (χ1n) is 10.6. The van der Waals surface area contributed by atoms with E-state index in [2.05, 4.69) is 78.9 Å². The zero-order valence-electron chi connectivity index (χ0n) is 17.8. The molecule has 1 saturated carbocycles. The fraction of sp³-hybridized carbons (Fsp3) is 0.480. The van der Waals surface area contributed by atoms with Crippen LogP contribution in [0.5, 0.6) is 0 Å². The summed E-state index contributed by atoms with van der Waals surface area (Å²) in [6.45, 7) is 0.770. The number of amides is 1. The summed E-state index contributed by atoms with van der Waals surface area (Å²) in [5.41, 5.74) is 2.86. The Morgan fingerprint density at radius 3 is 2.17 bits per heavy atom. The van der Waals surface area contributed by atoms with E-state index in [1.165, 1.54) is 11.1 Å². The number of aryl methyl sites for hydroxylation is 1. The first-order chi connectivity index (χ1) is 13.6. The highest BCUT2D eigenvalue weighted by Crippen LogP contribution is 2.43. The Labute approximate surface area is 182 Å². The molecule has 0 aliphatic heterocycles. The fourth-order valence-corrected chi connectivity index (χ4v) is 4.60. The van der Waals surface area contributed by atoms with Gasteiger partial charge in [0.05, 0.1) is 0 Å². The number of hydrogen-bond acceptors (Lipinski definition) is 2. The number of benzene rings is 2. The molecule has 1 aliphatic carbocycles. The van der Waals surface area contributed by atoms with Crippen molar-refractivity contribution in [2.24, 2.45) is 5.92 Å². The summed E-state index contributed by atoms with van der Waals surface area (Å²) in [4.78, 5) is 14.7. The molecule has 3 nitrogen and oxygen atoms in total. The zero-order valence-corrected chi connectivity index (χ0v) is 18.6. The third-order valence-corrected chi connectivity index (χ3v) is 6.38. The molecule has 1 N–H and O–H groups in total. The first kappa shape index (κ1) is 23.4. The Morgan fingerprint density at radius 1 is 1.00 bits per heavy atom. The average Bonchev–Trinajstić information content (AvgIpc) is 2.73. The van der Waals surface area contributed by atoms with Crippen molar-refractivity contribution in [3.63, 3.8) is 0 Å². The van der Waals surface area contributed by atoms with Crippen LogP contribution in [0.4, 0.5) is 0 Å². The van der Waals surface area contributed by atoms with Gasteiger partial charge in [-0.05, 0) is 69.7 Å². The lowest BCUT2D eigenvalue weighted by Crippen LogP contribution is -2.44. The average molecular weight is 415 g/mol. The Morgan fingerprint density at radius 2 is 1.59 bits per heavy atom. The maximum Gasteiger partial charge on any atom is 0.220 e. The van der Waals surface area contributed by atoms with Gasteiger partial charge in [-0.25, -0.2) is 0 Å². The van der Waals surface area contributed by atoms with Crippen molar-refractivity contribution in [3.05, 3.63) is 71.8 Å². The number of halogens is 1. The molecule has 3 rings (SSSR count). The van der Waals surface area contributed by atoms with E-state index in [0.29, 0.717) is 12.3 Å². The lowest BCUT2D eigenvalue weighted by molar-refractivity contribution is -0.122. The number of rotatable bonds is 8. The van der Waals surface area contributed by atoms with Crippen LogP contribution in [-0.4, -0.2) is 31.4 Å². The SMILES string of the molecule is CN(C)C1(c2ccccc2)CCC(CC(=O)NCCCc2ccccc2)CC1.Cl. The molecule has 158 valence electrons. The molecule has 0 spiro atoms. The Balaban J connectivity index is 0.00000300. The summed E-state index contributed by atoms with van der Waals surface area (Å²) in [6, 6.07) is 21.3. The maximum atomic E-state index is 12.4. The number of carbonyl (C=O) groups excluding carboxylic acids is 1. The molecule has 0 atom stereocenters. The van der Waals surface area contributed by atoms with Gasteiger partial charge in [0.15, 0.2) is 0 Å². The predicted molar refractivity (Wildman–Crippen MR) is 123 cm³/mol. The fourth-order valence-electron chi connectivity index (χ4n) is 4.60. The van der Waals surface area contributed by atoms with Crippen LogP contribution < -0.4 is 5.32 Å². The summed E-state index contributed by atoms with van der Waals surface area (Å²) in [5, 5.41) is 3.13. The van der Waals surface area contributed by atoms with E-state index in [-0.39, 0.29) is 23.9 Å². The van der Waals surface area contributed by atoms with Gasteiger partial charge in [0.2, 0.25) is 5.91 Å². The number of carbonyl (C=O) groups is 1. The van der Waals surface area contributed by atoms with Crippen molar-refractivity contribution >= 4 is 18.3 Å². The molecule has 0 unspecified atom stereocenters. The van der Waals surface area contributed by atoms with E-state index in [1.54, 1.807) is 0 Å². The van der Waals surface area contributed by atoms with E-state index in [4.69, 9.17) is 0 Å². The Hall–Kier alpha value is -1.84. The van der Waals surface area contributed by atoms with Crippen molar-refractivity contribution in [3.8, 4) is 0 Å². The third kappa shape index (κ3) is 6.32. The van der Waals surface area contributed by atoms with Crippen LogP contribution in [0.25, 0.3) is 0 Å². The van der Waals surface area contributed by atoms with Gasteiger partial charge in [0.25, 0.3) is 0 Å². The quantitative estimate of drug-likeness (QED) is 0.602. The largest absolute Gasteiger partial charge is 0.356 e. The molecule has 0 saturated heterocycles. The van der Waals surface area contributed by atoms with Crippen LogP contribution in [0.2, 0.25) is 0 Å². The highest BCUT2D eigenvalue weighted by molar-refractivity contribution is 5.85. The minimum Gasteiger partial charge on any atom is -0.356 e. The molecule has 1 fully saturated rings. The molecule has 0 radical (unpaired) electrons. The molecule has 1 aliphatic rings. The van der Waals surface area contributed by atoms with Crippen LogP contribution in [0.15, 0.2) is 60.7 Å². The molecule has 0 heterocycles. The minimum absolute atomic E-state index is 0. The third-order valence-electron chi connectivity index (χ3n) is 6.38. The summed E-state index contributed by atoms with van der Waals surface area (Å²) >= 11 is 0. The van der Waals surface area contributed by atoms with E-state index in [1.807, 2.05) is 6.07 Å². The summed E-state index contributed by atoms with van der Waals surface area (Å²) in [7, 11) is 4.37. The second kappa shape index (κ2) is 11.4. The van der Waals surface area contributed by atoms with Crippen LogP contribution in [0, 0.1) is 5.92 Å². The molecule has 2 aromatic rings. The van der Waals surface area contributed by atoms with Crippen molar-refractivity contribution in [2.45, 2.75) is 50.5 Å². The Kier molecular flexibility index (Phi) is 9.19. The monoisotopic (exact) mass is 414 g/mol. The smallest absolute Gasteiger partial charge is 0.220 e. The molecule has 2 aromatic carbocycles. The molecule has 1 amide bonds. The number of nitrogens with one attached hydrogen (secondary N) is 1. The second-order valence-corrected chi connectivity index (χ2v) is 8.38. The van der Waals surface area contributed by atoms with Gasteiger partial charge >= 0.3 is 0 Å². The lowest BCUT2D eigenvalue weighted by Gasteiger charge is -2.45. The van der Waals surface area contributed by atoms with Gasteiger partial charge < -0.3 is 5.32 Å². The zero-order chi connectivity index (χ0) is 19.8.